The van der Waals surface area contributed by atoms with E-state index in [2.05, 4.69) is 34.2 Å². The number of benzene rings is 1. The van der Waals surface area contributed by atoms with Crippen molar-refractivity contribution in [1.82, 2.24) is 4.90 Å². The summed E-state index contributed by atoms with van der Waals surface area (Å²) >= 11 is 0. The highest BCUT2D eigenvalue weighted by Crippen LogP contribution is 2.16. The number of aliphatic imine (C=N–C) groups is 1. The van der Waals surface area contributed by atoms with E-state index in [1.54, 1.807) is 0 Å². The van der Waals surface area contributed by atoms with Gasteiger partial charge < -0.3 is 11.5 Å². The summed E-state index contributed by atoms with van der Waals surface area (Å²) in [5.74, 6) is 0.158. The summed E-state index contributed by atoms with van der Waals surface area (Å²) in [7, 11) is -4.67. The Morgan fingerprint density at radius 2 is 1.48 bits per heavy atom. The van der Waals surface area contributed by atoms with Gasteiger partial charge in [-0.25, -0.2) is 4.99 Å². The lowest BCUT2D eigenvalue weighted by Crippen LogP contribution is -2.27. The third-order valence-electron chi connectivity index (χ3n) is 3.89. The second-order valence-electron chi connectivity index (χ2n) is 6.00. The van der Waals surface area contributed by atoms with E-state index >= 15 is 0 Å². The number of hydrogen-bond acceptors (Lipinski definition) is 4. The van der Waals surface area contributed by atoms with Crippen LogP contribution in [-0.2, 0) is 23.5 Å². The van der Waals surface area contributed by atoms with Crippen molar-refractivity contribution in [3.05, 3.63) is 35.4 Å². The molecule has 2 rings (SSSR count). The topological polar surface area (TPSA) is 142 Å². The number of likely N-dealkylation sites (tertiary alicyclic amines) is 1. The molecule has 0 bridgehead atoms. The standard InChI is InChI=1S/C16H26N4.H2O4S/c17-16(18)19-12-14-8-4-5-9-15(14)13-20-10-6-2-1-3-7-11-20;1-5(2,3)4/h4-5,8-9H,1-3,6-7,10-13H2,(H4,17,18,19);(H2,1,2,3,4). The van der Waals surface area contributed by atoms with Gasteiger partial charge in [0.1, 0.15) is 0 Å². The van der Waals surface area contributed by atoms with Crippen molar-refractivity contribution in [2.24, 2.45) is 16.5 Å². The Bertz CT molecular complexity index is 629. The van der Waals surface area contributed by atoms with Crippen LogP contribution < -0.4 is 11.5 Å². The van der Waals surface area contributed by atoms with Crippen molar-refractivity contribution in [3.8, 4) is 0 Å². The summed E-state index contributed by atoms with van der Waals surface area (Å²) < 4.78 is 31.6. The van der Waals surface area contributed by atoms with Crippen LogP contribution in [0.3, 0.4) is 0 Å². The van der Waals surface area contributed by atoms with E-state index in [1.165, 1.54) is 56.3 Å². The zero-order chi connectivity index (χ0) is 18.7. The van der Waals surface area contributed by atoms with Gasteiger partial charge in [-0.1, -0.05) is 43.5 Å². The molecular formula is C16H28N4O4S. The van der Waals surface area contributed by atoms with Crippen LogP contribution in [0.25, 0.3) is 0 Å². The van der Waals surface area contributed by atoms with E-state index in [-0.39, 0.29) is 5.96 Å². The lowest BCUT2D eigenvalue weighted by Gasteiger charge is -2.25. The van der Waals surface area contributed by atoms with Crippen LogP contribution in [0.1, 0.15) is 43.2 Å². The van der Waals surface area contributed by atoms with E-state index in [9.17, 15) is 0 Å². The lowest BCUT2D eigenvalue weighted by atomic mass is 10.0. The number of nitrogens with zero attached hydrogens (tertiary/aromatic N) is 2. The summed E-state index contributed by atoms with van der Waals surface area (Å²) in [6.45, 7) is 4.00. The molecule has 0 aliphatic carbocycles. The maximum Gasteiger partial charge on any atom is 0.394 e. The molecule has 0 saturated carbocycles. The molecule has 0 radical (unpaired) electrons. The maximum absolute atomic E-state index is 8.74. The summed E-state index contributed by atoms with van der Waals surface area (Å²) in [4.78, 5) is 6.70. The van der Waals surface area contributed by atoms with E-state index in [0.29, 0.717) is 6.54 Å². The fourth-order valence-corrected chi connectivity index (χ4v) is 2.75. The minimum atomic E-state index is -4.67. The lowest BCUT2D eigenvalue weighted by molar-refractivity contribution is 0.239. The van der Waals surface area contributed by atoms with Gasteiger partial charge in [-0.2, -0.15) is 8.42 Å². The number of hydrogen-bond donors (Lipinski definition) is 4. The zero-order valence-electron chi connectivity index (χ0n) is 14.3. The van der Waals surface area contributed by atoms with Crippen LogP contribution in [0, 0.1) is 0 Å². The average molecular weight is 372 g/mol. The Balaban J connectivity index is 0.000000550. The highest BCUT2D eigenvalue weighted by atomic mass is 32.3. The third-order valence-corrected chi connectivity index (χ3v) is 3.89. The van der Waals surface area contributed by atoms with Crippen molar-refractivity contribution in [2.45, 2.75) is 45.2 Å². The number of rotatable bonds is 4. The molecule has 0 atom stereocenters. The molecule has 142 valence electrons. The molecule has 1 aromatic rings. The van der Waals surface area contributed by atoms with Crippen molar-refractivity contribution in [3.63, 3.8) is 0 Å². The van der Waals surface area contributed by atoms with Crippen molar-refractivity contribution < 1.29 is 17.5 Å². The fraction of sp³-hybridized carbons (Fsp3) is 0.562. The number of guanidine groups is 1. The Hall–Kier alpha value is -1.68. The summed E-state index contributed by atoms with van der Waals surface area (Å²) in [5, 5.41) is 0. The minimum absolute atomic E-state index is 0.158. The number of nitrogens with two attached hydrogens (primary N) is 2. The van der Waals surface area contributed by atoms with Gasteiger partial charge in [-0.15, -0.1) is 0 Å². The van der Waals surface area contributed by atoms with Gasteiger partial charge in [0, 0.05) is 6.54 Å². The largest absolute Gasteiger partial charge is 0.394 e. The van der Waals surface area contributed by atoms with E-state index in [4.69, 9.17) is 29.0 Å². The van der Waals surface area contributed by atoms with Crippen molar-refractivity contribution in [2.75, 3.05) is 13.1 Å². The highest BCUT2D eigenvalue weighted by molar-refractivity contribution is 7.79. The van der Waals surface area contributed by atoms with E-state index in [1.807, 2.05) is 0 Å². The van der Waals surface area contributed by atoms with Gasteiger partial charge in [-0.3, -0.25) is 14.0 Å². The maximum atomic E-state index is 8.74. The monoisotopic (exact) mass is 372 g/mol. The summed E-state index contributed by atoms with van der Waals surface area (Å²) in [5.41, 5.74) is 13.4. The molecule has 8 nitrogen and oxygen atoms in total. The van der Waals surface area contributed by atoms with Gasteiger partial charge in [-0.05, 0) is 37.1 Å². The molecule has 6 N–H and O–H groups in total. The Morgan fingerprint density at radius 3 is 2.00 bits per heavy atom. The van der Waals surface area contributed by atoms with Crippen molar-refractivity contribution in [1.29, 1.82) is 0 Å². The normalized spacial score (nSPS) is 16.1. The van der Waals surface area contributed by atoms with Gasteiger partial charge in [0.2, 0.25) is 0 Å². The molecule has 25 heavy (non-hydrogen) atoms. The predicted octanol–water partition coefficient (Wildman–Crippen LogP) is 1.57. The second-order valence-corrected chi connectivity index (χ2v) is 6.90. The van der Waals surface area contributed by atoms with Gasteiger partial charge in [0.15, 0.2) is 5.96 Å². The van der Waals surface area contributed by atoms with Crippen LogP contribution in [-0.4, -0.2) is 41.5 Å². The molecule has 1 aliphatic rings. The fourth-order valence-electron chi connectivity index (χ4n) is 2.75. The first-order valence-corrected chi connectivity index (χ1v) is 9.70. The molecule has 1 saturated heterocycles. The molecule has 1 aliphatic heterocycles. The van der Waals surface area contributed by atoms with Crippen LogP contribution in [0.15, 0.2) is 29.3 Å². The molecule has 9 heteroatoms. The quantitative estimate of drug-likeness (QED) is 0.357. The summed E-state index contributed by atoms with van der Waals surface area (Å²) in [6.07, 6.45) is 6.76. The SMILES string of the molecule is NC(N)=NCc1ccccc1CN1CCCCCCC1.O=S(=O)(O)O. The Labute approximate surface area is 149 Å². The minimum Gasteiger partial charge on any atom is -0.370 e. The molecule has 0 amide bonds. The van der Waals surface area contributed by atoms with E-state index in [0.717, 1.165) is 6.54 Å². The van der Waals surface area contributed by atoms with Gasteiger partial charge in [0.05, 0.1) is 6.54 Å². The van der Waals surface area contributed by atoms with Crippen LogP contribution in [0.4, 0.5) is 0 Å². The van der Waals surface area contributed by atoms with Gasteiger partial charge >= 0.3 is 10.4 Å². The van der Waals surface area contributed by atoms with Gasteiger partial charge in [0.25, 0.3) is 0 Å². The van der Waals surface area contributed by atoms with Crippen LogP contribution >= 0.6 is 0 Å². The summed E-state index contributed by atoms with van der Waals surface area (Å²) in [6, 6.07) is 8.45. The van der Waals surface area contributed by atoms with E-state index < -0.39 is 10.4 Å². The van der Waals surface area contributed by atoms with Crippen LogP contribution in [0.2, 0.25) is 0 Å². The molecular weight excluding hydrogens is 344 g/mol. The first-order chi connectivity index (χ1) is 11.8. The molecule has 1 fully saturated rings. The van der Waals surface area contributed by atoms with Crippen molar-refractivity contribution >= 4 is 16.4 Å². The Morgan fingerprint density at radius 1 is 1.00 bits per heavy atom. The highest BCUT2D eigenvalue weighted by Gasteiger charge is 2.10. The van der Waals surface area contributed by atoms with Crippen LogP contribution in [0.5, 0.6) is 0 Å². The first kappa shape index (κ1) is 21.4. The zero-order valence-corrected chi connectivity index (χ0v) is 15.2. The molecule has 1 aromatic carbocycles. The second kappa shape index (κ2) is 11.0. The third kappa shape index (κ3) is 11.5. The molecule has 1 heterocycles. The molecule has 0 spiro atoms. The smallest absolute Gasteiger partial charge is 0.370 e. The Kier molecular flexibility index (Phi) is 9.43. The predicted molar refractivity (Wildman–Crippen MR) is 98.5 cm³/mol. The first-order valence-electron chi connectivity index (χ1n) is 8.30. The molecule has 0 aromatic heterocycles. The average Bonchev–Trinajstić information content (AvgIpc) is 2.47. The molecule has 0 unspecified atom stereocenters.